The van der Waals surface area contributed by atoms with Crippen molar-refractivity contribution in [3.8, 4) is 0 Å². The van der Waals surface area contributed by atoms with Gasteiger partial charge in [-0.25, -0.2) is 14.2 Å². The van der Waals surface area contributed by atoms with Gasteiger partial charge in [0.05, 0.1) is 0 Å². The molecule has 0 spiro atoms. The van der Waals surface area contributed by atoms with Crippen molar-refractivity contribution in [2.45, 2.75) is 11.4 Å². The van der Waals surface area contributed by atoms with Crippen LogP contribution in [0, 0.1) is 5.82 Å². The molecule has 0 bridgehead atoms. The van der Waals surface area contributed by atoms with Gasteiger partial charge in [-0.05, 0) is 24.3 Å². The van der Waals surface area contributed by atoms with E-state index in [1.54, 1.807) is 0 Å². The molecule has 3 amide bonds. The van der Waals surface area contributed by atoms with Crippen molar-refractivity contribution in [3.05, 3.63) is 30.1 Å². The highest BCUT2D eigenvalue weighted by atomic mass is 32.2. The Hall–Kier alpha value is -2.09. The Morgan fingerprint density at radius 2 is 2.00 bits per heavy atom. The Balaban J connectivity index is 2.01. The Bertz CT molecular complexity index is 589. The van der Waals surface area contributed by atoms with E-state index in [4.69, 9.17) is 5.73 Å². The highest BCUT2D eigenvalue weighted by Crippen LogP contribution is 2.33. The number of carbonyl (C=O) groups excluding carboxylic acids is 2. The van der Waals surface area contributed by atoms with Crippen LogP contribution in [0.1, 0.15) is 0 Å². The van der Waals surface area contributed by atoms with Crippen LogP contribution in [0.4, 0.5) is 14.9 Å². The molecule has 2 heterocycles. The number of aliphatic imine (C=N–C) groups is 1. The second-order valence-electron chi connectivity index (χ2n) is 4.06. The van der Waals surface area contributed by atoms with Gasteiger partial charge in [0.25, 0.3) is 0 Å². The lowest BCUT2D eigenvalue weighted by atomic mass is 10.2. The first-order valence-corrected chi connectivity index (χ1v) is 6.34. The van der Waals surface area contributed by atoms with Gasteiger partial charge in [-0.15, -0.1) is 0 Å². The average Bonchev–Trinajstić information content (AvgIpc) is 2.73. The monoisotopic (exact) mass is 280 g/mol. The third-order valence-corrected chi connectivity index (χ3v) is 3.91. The van der Waals surface area contributed by atoms with E-state index in [1.807, 2.05) is 0 Å². The third-order valence-electron chi connectivity index (χ3n) is 2.85. The number of fused-ring (bicyclic) bond motifs is 1. The first kappa shape index (κ1) is 12.0. The van der Waals surface area contributed by atoms with Crippen LogP contribution in [0.15, 0.2) is 29.3 Å². The van der Waals surface area contributed by atoms with E-state index in [2.05, 4.69) is 10.3 Å². The number of nitrogens with two attached hydrogens (primary N) is 1. The molecule has 1 saturated heterocycles. The number of halogens is 1. The van der Waals surface area contributed by atoms with Crippen molar-refractivity contribution in [1.82, 2.24) is 5.32 Å². The van der Waals surface area contributed by atoms with Crippen molar-refractivity contribution in [1.29, 1.82) is 0 Å². The number of anilines is 1. The van der Waals surface area contributed by atoms with Crippen molar-refractivity contribution in [2.24, 2.45) is 10.7 Å². The molecule has 2 aliphatic heterocycles. The predicted molar refractivity (Wildman–Crippen MR) is 69.2 cm³/mol. The maximum Gasteiger partial charge on any atom is 0.330 e. The predicted octanol–water partition coefficient (Wildman–Crippen LogP) is 0.638. The normalized spacial score (nSPS) is 25.9. The van der Waals surface area contributed by atoms with Gasteiger partial charge in [-0.3, -0.25) is 15.0 Å². The zero-order chi connectivity index (χ0) is 13.6. The first-order chi connectivity index (χ1) is 9.06. The molecule has 1 fully saturated rings. The summed E-state index contributed by atoms with van der Waals surface area (Å²) in [6.07, 6.45) is -0.684. The molecular formula is C11H9FN4O2S. The lowest BCUT2D eigenvalue weighted by molar-refractivity contribution is -0.120. The van der Waals surface area contributed by atoms with Gasteiger partial charge in [0.2, 0.25) is 5.91 Å². The fourth-order valence-corrected chi connectivity index (χ4v) is 2.93. The van der Waals surface area contributed by atoms with Gasteiger partial charge in [0.15, 0.2) is 11.3 Å². The number of rotatable bonds is 1. The van der Waals surface area contributed by atoms with Crippen LogP contribution in [0.25, 0.3) is 0 Å². The zero-order valence-corrected chi connectivity index (χ0v) is 10.4. The summed E-state index contributed by atoms with van der Waals surface area (Å²) in [5.41, 5.74) is 6.06. The summed E-state index contributed by atoms with van der Waals surface area (Å²) >= 11 is 1.11. The summed E-state index contributed by atoms with van der Waals surface area (Å²) in [4.78, 5) is 29.0. The van der Waals surface area contributed by atoms with Crippen LogP contribution >= 0.6 is 11.8 Å². The largest absolute Gasteiger partial charge is 0.378 e. The number of amides is 3. The number of urea groups is 1. The Labute approximate surface area is 111 Å². The fourth-order valence-electron chi connectivity index (χ4n) is 2.03. The lowest BCUT2D eigenvalue weighted by Crippen LogP contribution is -2.60. The van der Waals surface area contributed by atoms with E-state index in [0.717, 1.165) is 11.8 Å². The van der Waals surface area contributed by atoms with E-state index in [9.17, 15) is 14.0 Å². The number of hydrogen-bond acceptors (Lipinski definition) is 5. The summed E-state index contributed by atoms with van der Waals surface area (Å²) in [6.45, 7) is 0. The van der Waals surface area contributed by atoms with E-state index >= 15 is 0 Å². The molecule has 2 unspecified atom stereocenters. The molecular weight excluding hydrogens is 271 g/mol. The van der Waals surface area contributed by atoms with Gasteiger partial charge in [-0.1, -0.05) is 11.8 Å². The van der Waals surface area contributed by atoms with E-state index in [-0.39, 0.29) is 5.17 Å². The molecule has 1 aromatic rings. The van der Waals surface area contributed by atoms with Crippen molar-refractivity contribution in [2.75, 3.05) is 4.90 Å². The van der Waals surface area contributed by atoms with Gasteiger partial charge >= 0.3 is 6.03 Å². The molecule has 2 aliphatic rings. The van der Waals surface area contributed by atoms with Gasteiger partial charge in [0.1, 0.15) is 11.1 Å². The molecule has 0 aliphatic carbocycles. The maximum atomic E-state index is 12.9. The molecule has 1 aromatic carbocycles. The van der Waals surface area contributed by atoms with Gasteiger partial charge in [0, 0.05) is 5.69 Å². The standard InChI is InChI=1S/C11H9FN4O2S/c12-5-1-3-6(4-2-5)16-8-7(19-10(13)14-8)9(17)15-11(16)18/h1-4,7-8H,(H2,13,14)(H,15,17,18). The minimum absolute atomic E-state index is 0.256. The number of amidine groups is 1. The molecule has 6 nitrogen and oxygen atoms in total. The summed E-state index contributed by atoms with van der Waals surface area (Å²) in [7, 11) is 0. The number of nitrogens with one attached hydrogen (secondary N) is 1. The number of nitrogens with zero attached hydrogens (tertiary/aromatic N) is 2. The highest BCUT2D eigenvalue weighted by molar-refractivity contribution is 8.15. The molecule has 3 rings (SSSR count). The summed E-state index contributed by atoms with van der Waals surface area (Å²) < 4.78 is 12.9. The number of carbonyl (C=O) groups is 2. The average molecular weight is 280 g/mol. The highest BCUT2D eigenvalue weighted by Gasteiger charge is 2.46. The van der Waals surface area contributed by atoms with Crippen LogP contribution in [0.3, 0.4) is 0 Å². The van der Waals surface area contributed by atoms with Crippen LogP contribution in [-0.2, 0) is 4.79 Å². The molecule has 98 valence electrons. The number of benzene rings is 1. The summed E-state index contributed by atoms with van der Waals surface area (Å²) in [5.74, 6) is -0.819. The molecule has 19 heavy (non-hydrogen) atoms. The van der Waals surface area contributed by atoms with Gasteiger partial charge in [-0.2, -0.15) is 0 Å². The second kappa shape index (κ2) is 4.23. The molecule has 0 saturated carbocycles. The quantitative estimate of drug-likeness (QED) is 0.790. The molecule has 8 heteroatoms. The maximum absolute atomic E-state index is 12.9. The lowest BCUT2D eigenvalue weighted by Gasteiger charge is -2.34. The Morgan fingerprint density at radius 1 is 1.32 bits per heavy atom. The third kappa shape index (κ3) is 1.93. The number of imide groups is 1. The minimum Gasteiger partial charge on any atom is -0.378 e. The zero-order valence-electron chi connectivity index (χ0n) is 9.54. The van der Waals surface area contributed by atoms with E-state index < -0.39 is 29.2 Å². The van der Waals surface area contributed by atoms with E-state index in [1.165, 1.54) is 29.2 Å². The van der Waals surface area contributed by atoms with Gasteiger partial charge < -0.3 is 5.73 Å². The fraction of sp³-hybridized carbons (Fsp3) is 0.182. The summed E-state index contributed by atoms with van der Waals surface area (Å²) in [5, 5.41) is 1.93. The van der Waals surface area contributed by atoms with Crippen LogP contribution in [-0.4, -0.2) is 28.5 Å². The van der Waals surface area contributed by atoms with Crippen molar-refractivity contribution >= 4 is 34.6 Å². The van der Waals surface area contributed by atoms with Crippen LogP contribution < -0.4 is 16.0 Å². The Kier molecular flexibility index (Phi) is 2.67. The van der Waals surface area contributed by atoms with E-state index in [0.29, 0.717) is 5.69 Å². The van der Waals surface area contributed by atoms with Crippen molar-refractivity contribution < 1.29 is 14.0 Å². The molecule has 2 atom stereocenters. The minimum atomic E-state index is -0.684. The Morgan fingerprint density at radius 3 is 2.68 bits per heavy atom. The smallest absolute Gasteiger partial charge is 0.330 e. The molecule has 0 aromatic heterocycles. The molecule has 0 radical (unpaired) electrons. The molecule has 3 N–H and O–H groups in total. The SMILES string of the molecule is NC1=NC2C(S1)C(=O)NC(=O)N2c1ccc(F)cc1. The number of thioether (sulfide) groups is 1. The van der Waals surface area contributed by atoms with Crippen LogP contribution in [0.2, 0.25) is 0 Å². The topological polar surface area (TPSA) is 87.8 Å². The summed E-state index contributed by atoms with van der Waals surface area (Å²) in [6, 6.07) is 4.80. The van der Waals surface area contributed by atoms with Crippen molar-refractivity contribution in [3.63, 3.8) is 0 Å². The van der Waals surface area contributed by atoms with Crippen LogP contribution in [0.5, 0.6) is 0 Å². The first-order valence-electron chi connectivity index (χ1n) is 5.46. The second-order valence-corrected chi connectivity index (χ2v) is 5.22. The number of hydrogen-bond donors (Lipinski definition) is 2.